The third-order valence-electron chi connectivity index (χ3n) is 4.42. The van der Waals surface area contributed by atoms with E-state index in [1.54, 1.807) is 6.07 Å². The molecule has 1 aromatic rings. The van der Waals surface area contributed by atoms with Crippen LogP contribution in [0.25, 0.3) is 0 Å². The van der Waals surface area contributed by atoms with E-state index in [4.69, 9.17) is 4.74 Å². The molecule has 2 heterocycles. The topological polar surface area (TPSA) is 67.6 Å². The van der Waals surface area contributed by atoms with E-state index in [2.05, 4.69) is 10.2 Å². The first-order chi connectivity index (χ1) is 10.1. The standard InChI is InChI=1S/C15H21N3O3/c1-11-4-2-6-14(18(19)20)15(11)16-8-13-9-17-7-3-5-12(17)10-21-13/h2,4,6,12-13,16H,3,5,7-10H2,1H3. The minimum Gasteiger partial charge on any atom is -0.377 e. The van der Waals surface area contributed by atoms with Crippen LogP contribution in [0, 0.1) is 17.0 Å². The minimum absolute atomic E-state index is 0.0959. The lowest BCUT2D eigenvalue weighted by molar-refractivity contribution is -0.384. The van der Waals surface area contributed by atoms with Gasteiger partial charge < -0.3 is 10.1 Å². The molecule has 21 heavy (non-hydrogen) atoms. The Morgan fingerprint density at radius 3 is 3.19 bits per heavy atom. The average molecular weight is 291 g/mol. The lowest BCUT2D eigenvalue weighted by Gasteiger charge is -2.35. The molecule has 2 atom stereocenters. The minimum atomic E-state index is -0.340. The number of rotatable bonds is 4. The van der Waals surface area contributed by atoms with Gasteiger partial charge in [-0.05, 0) is 31.9 Å². The van der Waals surface area contributed by atoms with E-state index < -0.39 is 0 Å². The summed E-state index contributed by atoms with van der Waals surface area (Å²) in [6, 6.07) is 5.71. The average Bonchev–Trinajstić information content (AvgIpc) is 2.93. The molecule has 6 heteroatoms. The summed E-state index contributed by atoms with van der Waals surface area (Å²) in [6.07, 6.45) is 2.57. The van der Waals surface area contributed by atoms with E-state index in [0.717, 1.165) is 25.3 Å². The van der Waals surface area contributed by atoms with Crippen molar-refractivity contribution in [1.82, 2.24) is 4.90 Å². The van der Waals surface area contributed by atoms with Crippen LogP contribution in [-0.2, 0) is 4.74 Å². The Balaban J connectivity index is 1.64. The SMILES string of the molecule is Cc1cccc([N+](=O)[O-])c1NCC1CN2CCCC2CO1. The molecule has 2 unspecified atom stereocenters. The fourth-order valence-corrected chi connectivity index (χ4v) is 3.26. The number of ether oxygens (including phenoxy) is 1. The highest BCUT2D eigenvalue weighted by molar-refractivity contribution is 5.66. The van der Waals surface area contributed by atoms with Gasteiger partial charge in [0.25, 0.3) is 5.69 Å². The van der Waals surface area contributed by atoms with Gasteiger partial charge in [-0.15, -0.1) is 0 Å². The molecule has 0 saturated carbocycles. The molecular weight excluding hydrogens is 270 g/mol. The van der Waals surface area contributed by atoms with Crippen molar-refractivity contribution < 1.29 is 9.66 Å². The van der Waals surface area contributed by atoms with E-state index >= 15 is 0 Å². The van der Waals surface area contributed by atoms with Crippen molar-refractivity contribution in [2.75, 3.05) is 31.6 Å². The van der Waals surface area contributed by atoms with E-state index in [1.165, 1.54) is 18.9 Å². The molecule has 0 aromatic heterocycles. The van der Waals surface area contributed by atoms with Crippen LogP contribution in [0.4, 0.5) is 11.4 Å². The molecule has 0 amide bonds. The summed E-state index contributed by atoms with van der Waals surface area (Å²) in [5, 5.41) is 14.3. The number of nitrogens with one attached hydrogen (secondary N) is 1. The van der Waals surface area contributed by atoms with Crippen molar-refractivity contribution in [2.24, 2.45) is 0 Å². The zero-order valence-electron chi connectivity index (χ0n) is 12.2. The molecular formula is C15H21N3O3. The van der Waals surface area contributed by atoms with Crippen LogP contribution in [0.3, 0.4) is 0 Å². The van der Waals surface area contributed by atoms with Crippen LogP contribution < -0.4 is 5.32 Å². The Labute approximate surface area is 124 Å². The maximum atomic E-state index is 11.1. The van der Waals surface area contributed by atoms with Crippen molar-refractivity contribution >= 4 is 11.4 Å². The van der Waals surface area contributed by atoms with Gasteiger partial charge in [-0.2, -0.15) is 0 Å². The number of hydrogen-bond donors (Lipinski definition) is 1. The zero-order valence-corrected chi connectivity index (χ0v) is 12.2. The van der Waals surface area contributed by atoms with Crippen LogP contribution in [-0.4, -0.2) is 48.2 Å². The van der Waals surface area contributed by atoms with Gasteiger partial charge in [0, 0.05) is 25.2 Å². The summed E-state index contributed by atoms with van der Waals surface area (Å²) in [5.41, 5.74) is 1.62. The van der Waals surface area contributed by atoms with Crippen molar-refractivity contribution in [3.8, 4) is 0 Å². The maximum Gasteiger partial charge on any atom is 0.292 e. The third kappa shape index (κ3) is 3.01. The number of aryl methyl sites for hydroxylation is 1. The lowest BCUT2D eigenvalue weighted by Crippen LogP contribution is -2.48. The number of nitrogens with zero attached hydrogens (tertiary/aromatic N) is 2. The predicted molar refractivity (Wildman–Crippen MR) is 80.7 cm³/mol. The lowest BCUT2D eigenvalue weighted by atomic mass is 10.1. The highest BCUT2D eigenvalue weighted by Gasteiger charge is 2.32. The zero-order chi connectivity index (χ0) is 14.8. The summed E-state index contributed by atoms with van der Waals surface area (Å²) < 4.78 is 5.88. The summed E-state index contributed by atoms with van der Waals surface area (Å²) in [6.45, 7) is 5.33. The number of anilines is 1. The number of benzene rings is 1. The van der Waals surface area contributed by atoms with Gasteiger partial charge in [0.1, 0.15) is 5.69 Å². The molecule has 2 aliphatic rings. The van der Waals surface area contributed by atoms with E-state index in [1.807, 2.05) is 13.0 Å². The summed E-state index contributed by atoms with van der Waals surface area (Å²) in [7, 11) is 0. The maximum absolute atomic E-state index is 11.1. The van der Waals surface area contributed by atoms with Gasteiger partial charge in [0.05, 0.1) is 17.6 Å². The number of para-hydroxylation sites is 1. The molecule has 3 rings (SSSR count). The molecule has 2 fully saturated rings. The number of hydrogen-bond acceptors (Lipinski definition) is 5. The molecule has 2 aliphatic heterocycles. The molecule has 0 spiro atoms. The molecule has 0 aliphatic carbocycles. The van der Waals surface area contributed by atoms with Crippen LogP contribution in [0.2, 0.25) is 0 Å². The molecule has 0 radical (unpaired) electrons. The van der Waals surface area contributed by atoms with Gasteiger partial charge in [0.15, 0.2) is 0 Å². The van der Waals surface area contributed by atoms with Gasteiger partial charge in [-0.3, -0.25) is 15.0 Å². The Bertz CT molecular complexity index is 535. The Hall–Kier alpha value is -1.66. The molecule has 2 saturated heterocycles. The summed E-state index contributed by atoms with van der Waals surface area (Å²) in [5.74, 6) is 0. The number of fused-ring (bicyclic) bond motifs is 1. The highest BCUT2D eigenvalue weighted by Crippen LogP contribution is 2.28. The quantitative estimate of drug-likeness (QED) is 0.680. The van der Waals surface area contributed by atoms with Crippen molar-refractivity contribution in [3.05, 3.63) is 33.9 Å². The Morgan fingerprint density at radius 2 is 2.38 bits per heavy atom. The Morgan fingerprint density at radius 1 is 1.52 bits per heavy atom. The second-order valence-electron chi connectivity index (χ2n) is 5.85. The number of morpholine rings is 1. The predicted octanol–water partition coefficient (Wildman–Crippen LogP) is 2.18. The first-order valence-corrected chi connectivity index (χ1v) is 7.48. The number of nitro benzene ring substituents is 1. The first kappa shape index (κ1) is 14.3. The summed E-state index contributed by atoms with van der Waals surface area (Å²) in [4.78, 5) is 13.2. The van der Waals surface area contributed by atoms with Crippen LogP contribution in [0.15, 0.2) is 18.2 Å². The fraction of sp³-hybridized carbons (Fsp3) is 0.600. The van der Waals surface area contributed by atoms with Gasteiger partial charge in [-0.1, -0.05) is 12.1 Å². The fourth-order valence-electron chi connectivity index (χ4n) is 3.26. The van der Waals surface area contributed by atoms with Crippen molar-refractivity contribution in [1.29, 1.82) is 0 Å². The normalized spacial score (nSPS) is 25.6. The molecule has 1 aromatic carbocycles. The molecule has 114 valence electrons. The third-order valence-corrected chi connectivity index (χ3v) is 4.42. The molecule has 0 bridgehead atoms. The number of nitro groups is 1. The van der Waals surface area contributed by atoms with Crippen LogP contribution in [0.1, 0.15) is 18.4 Å². The monoisotopic (exact) mass is 291 g/mol. The van der Waals surface area contributed by atoms with Gasteiger partial charge in [0.2, 0.25) is 0 Å². The Kier molecular flexibility index (Phi) is 4.07. The van der Waals surface area contributed by atoms with Crippen molar-refractivity contribution in [2.45, 2.75) is 31.9 Å². The van der Waals surface area contributed by atoms with Gasteiger partial charge >= 0.3 is 0 Å². The van der Waals surface area contributed by atoms with Crippen molar-refractivity contribution in [3.63, 3.8) is 0 Å². The molecule has 6 nitrogen and oxygen atoms in total. The highest BCUT2D eigenvalue weighted by atomic mass is 16.6. The van der Waals surface area contributed by atoms with Crippen LogP contribution >= 0.6 is 0 Å². The van der Waals surface area contributed by atoms with Gasteiger partial charge in [-0.25, -0.2) is 0 Å². The van der Waals surface area contributed by atoms with E-state index in [9.17, 15) is 10.1 Å². The smallest absolute Gasteiger partial charge is 0.292 e. The second-order valence-corrected chi connectivity index (χ2v) is 5.85. The first-order valence-electron chi connectivity index (χ1n) is 7.48. The van der Waals surface area contributed by atoms with Crippen LogP contribution in [0.5, 0.6) is 0 Å². The molecule has 1 N–H and O–H groups in total. The summed E-state index contributed by atoms with van der Waals surface area (Å²) >= 11 is 0. The van der Waals surface area contributed by atoms with E-state index in [0.29, 0.717) is 18.3 Å². The largest absolute Gasteiger partial charge is 0.377 e. The van der Waals surface area contributed by atoms with E-state index in [-0.39, 0.29) is 16.7 Å². The second kappa shape index (κ2) is 5.99.